The quantitative estimate of drug-likeness (QED) is 0.166. The summed E-state index contributed by atoms with van der Waals surface area (Å²) in [6.07, 6.45) is 0. The van der Waals surface area contributed by atoms with Gasteiger partial charge in [0.1, 0.15) is 22.3 Å². The molecule has 0 unspecified atom stereocenters. The van der Waals surface area contributed by atoms with Crippen molar-refractivity contribution in [2.45, 2.75) is 52.4 Å². The van der Waals surface area contributed by atoms with Crippen LogP contribution in [-0.2, 0) is 10.8 Å². The molecule has 0 aliphatic heterocycles. The van der Waals surface area contributed by atoms with Crippen LogP contribution < -0.4 is 9.80 Å². The monoisotopic (exact) mass is 1030 g/mol. The summed E-state index contributed by atoms with van der Waals surface area (Å²) in [4.78, 5) is 4.86. The molecule has 6 heterocycles. The summed E-state index contributed by atoms with van der Waals surface area (Å²) in [5.41, 5.74) is 19.7. The molecule has 0 saturated heterocycles. The Labute approximate surface area is 461 Å². The van der Waals surface area contributed by atoms with Crippen molar-refractivity contribution in [3.05, 3.63) is 230 Å². The predicted octanol–water partition coefficient (Wildman–Crippen LogP) is 21.3. The lowest BCUT2D eigenvalue weighted by molar-refractivity contribution is 0.594. The minimum absolute atomic E-state index is 0.152. The Kier molecular flexibility index (Phi) is 9.01. The lowest BCUT2D eigenvalue weighted by atomic mass is 9.85. The molecule has 0 amide bonds. The molecule has 0 aliphatic carbocycles. The zero-order valence-corrected chi connectivity index (χ0v) is 45.4. The number of benzene rings is 11. The molecule has 0 N–H and O–H groups in total. The average molecular weight is 1030 g/mol. The van der Waals surface area contributed by atoms with Gasteiger partial charge < -0.3 is 27.4 Å². The molecule has 6 aromatic heterocycles. The first kappa shape index (κ1) is 45.3. The fraction of sp³-hybridized carbons (Fsp3) is 0.108. The number of anilines is 6. The van der Waals surface area contributed by atoms with Crippen LogP contribution >= 0.6 is 0 Å². The molecule has 382 valence electrons. The Morgan fingerprint density at radius 2 is 0.662 bits per heavy atom. The van der Waals surface area contributed by atoms with Crippen LogP contribution in [0.5, 0.6) is 0 Å². The highest BCUT2D eigenvalue weighted by molar-refractivity contribution is 6.33. The van der Waals surface area contributed by atoms with E-state index in [1.165, 1.54) is 87.3 Å². The zero-order valence-electron chi connectivity index (χ0n) is 45.4. The van der Waals surface area contributed by atoms with Crippen molar-refractivity contribution in [3.8, 4) is 0 Å². The molecule has 0 saturated carbocycles. The highest BCUT2D eigenvalue weighted by Crippen LogP contribution is 2.53. The molecule has 6 nitrogen and oxygen atoms in total. The van der Waals surface area contributed by atoms with Gasteiger partial charge in [-0.2, -0.15) is 0 Å². The fourth-order valence-corrected chi connectivity index (χ4v) is 13.9. The SMILES string of the molecule is CC(C)(C)c1cccc2c3c(N(c4ccccc4)c4ccc5c(c4)oc4ccccc45)ccc4c5cc6c(cc5n(c12)c43)c1ccc(N(c2ccccc2)c2ccc3c(c2)oc2ccccc23)c2c3cccc(C(C)(C)C)c3n6c12. The third kappa shape index (κ3) is 6.13. The molecule has 0 atom stereocenters. The van der Waals surface area contributed by atoms with Crippen molar-refractivity contribution >= 4 is 154 Å². The van der Waals surface area contributed by atoms with Crippen molar-refractivity contribution < 1.29 is 8.83 Å². The Morgan fingerprint density at radius 1 is 0.287 bits per heavy atom. The van der Waals surface area contributed by atoms with Crippen molar-refractivity contribution in [1.29, 1.82) is 0 Å². The molecule has 0 spiro atoms. The maximum atomic E-state index is 6.58. The van der Waals surface area contributed by atoms with Gasteiger partial charge in [-0.3, -0.25) is 0 Å². The molecule has 0 fully saturated rings. The third-order valence-corrected chi connectivity index (χ3v) is 17.4. The molecule has 11 aromatic carbocycles. The number of nitrogens with zero attached hydrogens (tertiary/aromatic N) is 4. The van der Waals surface area contributed by atoms with Gasteiger partial charge in [-0.15, -0.1) is 0 Å². The fourth-order valence-electron chi connectivity index (χ4n) is 13.9. The van der Waals surface area contributed by atoms with Crippen molar-refractivity contribution in [1.82, 2.24) is 8.80 Å². The first-order chi connectivity index (χ1) is 39.0. The number of hydrogen-bond donors (Lipinski definition) is 0. The van der Waals surface area contributed by atoms with Crippen LogP contribution in [0.15, 0.2) is 227 Å². The van der Waals surface area contributed by atoms with E-state index in [1.807, 2.05) is 12.1 Å². The molecule has 6 heteroatoms. The van der Waals surface area contributed by atoms with Crippen LogP contribution in [0.4, 0.5) is 34.1 Å². The minimum atomic E-state index is -0.152. The van der Waals surface area contributed by atoms with Gasteiger partial charge in [0, 0.05) is 99.5 Å². The summed E-state index contributed by atoms with van der Waals surface area (Å²) in [7, 11) is 0. The molecular weight excluding hydrogens is 977 g/mol. The topological polar surface area (TPSA) is 41.6 Å². The molecule has 0 bridgehead atoms. The summed E-state index contributed by atoms with van der Waals surface area (Å²) in [5.74, 6) is 0. The smallest absolute Gasteiger partial charge is 0.137 e. The second-order valence-electron chi connectivity index (χ2n) is 24.1. The van der Waals surface area contributed by atoms with Gasteiger partial charge >= 0.3 is 0 Å². The largest absolute Gasteiger partial charge is 0.456 e. The van der Waals surface area contributed by atoms with Gasteiger partial charge in [0.15, 0.2) is 0 Å². The number of rotatable bonds is 6. The lowest BCUT2D eigenvalue weighted by Gasteiger charge is -2.26. The normalized spacial score (nSPS) is 12.9. The van der Waals surface area contributed by atoms with E-state index in [2.05, 4.69) is 266 Å². The number of para-hydroxylation sites is 6. The second kappa shape index (κ2) is 15.9. The number of fused-ring (bicyclic) bond motifs is 18. The Hall–Kier alpha value is -9.78. The molecule has 0 radical (unpaired) electrons. The lowest BCUT2D eigenvalue weighted by Crippen LogP contribution is -2.12. The standard InChI is InChI=1S/C74H54N4O2/c1-73(2,3)57-27-17-25-53-67-59(75(43-19-9-7-10-20-43)45-31-33-49-47-23-13-15-29-63(47)79-65(49)39-45)37-35-51-55-42-62-56(41-61(55)77(69(53)57)71(51)67)52-36-38-60(68-54-26-18-28-58(74(4,5)6)70(54)78(62)72(52)68)76(44-21-11-8-12-22-44)46-32-34-50-48-24-14-16-30-64(48)80-66(50)40-46/h7-42H,1-6H3. The van der Waals surface area contributed by atoms with E-state index in [9.17, 15) is 0 Å². The Morgan fingerprint density at radius 3 is 1.09 bits per heavy atom. The Bertz CT molecular complexity index is 5050. The van der Waals surface area contributed by atoms with E-state index in [0.29, 0.717) is 0 Å². The number of hydrogen-bond acceptors (Lipinski definition) is 4. The average Bonchev–Trinajstić information content (AvgIpc) is 4.45. The second-order valence-corrected chi connectivity index (χ2v) is 24.1. The van der Waals surface area contributed by atoms with Gasteiger partial charge in [-0.25, -0.2) is 0 Å². The molecule has 0 aliphatic rings. The summed E-state index contributed by atoms with van der Waals surface area (Å²) < 4.78 is 18.4. The van der Waals surface area contributed by atoms with Crippen LogP contribution in [0.2, 0.25) is 0 Å². The molecule has 17 rings (SSSR count). The van der Waals surface area contributed by atoms with Crippen LogP contribution in [-0.4, -0.2) is 8.80 Å². The molecule has 80 heavy (non-hydrogen) atoms. The van der Waals surface area contributed by atoms with E-state index in [4.69, 9.17) is 8.83 Å². The van der Waals surface area contributed by atoms with Crippen LogP contribution in [0.1, 0.15) is 52.7 Å². The summed E-state index contributed by atoms with van der Waals surface area (Å²) >= 11 is 0. The number of aromatic nitrogens is 2. The van der Waals surface area contributed by atoms with Gasteiger partial charge in [-0.1, -0.05) is 163 Å². The van der Waals surface area contributed by atoms with E-state index < -0.39 is 0 Å². The van der Waals surface area contributed by atoms with Gasteiger partial charge in [0.05, 0.1) is 44.5 Å². The van der Waals surface area contributed by atoms with Crippen molar-refractivity contribution in [3.63, 3.8) is 0 Å². The van der Waals surface area contributed by atoms with Gasteiger partial charge in [-0.05, 0) is 107 Å². The number of furan rings is 2. The van der Waals surface area contributed by atoms with E-state index in [0.717, 1.165) is 78.0 Å². The zero-order chi connectivity index (χ0) is 53.5. The predicted molar refractivity (Wildman–Crippen MR) is 337 cm³/mol. The molecular formula is C74H54N4O2. The van der Waals surface area contributed by atoms with Crippen LogP contribution in [0.25, 0.3) is 120 Å². The highest BCUT2D eigenvalue weighted by atomic mass is 16.3. The summed E-state index contributed by atoms with van der Waals surface area (Å²) in [5, 5.41) is 14.3. The summed E-state index contributed by atoms with van der Waals surface area (Å²) in [6.45, 7) is 14.1. The van der Waals surface area contributed by atoms with Crippen molar-refractivity contribution in [2.75, 3.05) is 9.80 Å². The van der Waals surface area contributed by atoms with Gasteiger partial charge in [0.25, 0.3) is 0 Å². The maximum Gasteiger partial charge on any atom is 0.137 e. The van der Waals surface area contributed by atoms with E-state index >= 15 is 0 Å². The first-order valence-corrected chi connectivity index (χ1v) is 27.9. The first-order valence-electron chi connectivity index (χ1n) is 27.9. The van der Waals surface area contributed by atoms with Crippen LogP contribution in [0.3, 0.4) is 0 Å². The minimum Gasteiger partial charge on any atom is -0.456 e. The molecule has 17 aromatic rings. The third-order valence-electron chi connectivity index (χ3n) is 17.4. The summed E-state index contributed by atoms with van der Waals surface area (Å²) in [6, 6.07) is 80.1. The maximum absolute atomic E-state index is 6.58. The van der Waals surface area contributed by atoms with Crippen LogP contribution in [0, 0.1) is 0 Å². The van der Waals surface area contributed by atoms with E-state index in [1.54, 1.807) is 0 Å². The van der Waals surface area contributed by atoms with E-state index in [-0.39, 0.29) is 10.8 Å². The van der Waals surface area contributed by atoms with Crippen molar-refractivity contribution in [2.24, 2.45) is 0 Å². The van der Waals surface area contributed by atoms with Gasteiger partial charge in [0.2, 0.25) is 0 Å². The highest BCUT2D eigenvalue weighted by Gasteiger charge is 2.32. The Balaban J connectivity index is 0.976.